The van der Waals surface area contributed by atoms with Gasteiger partial charge in [0.15, 0.2) is 0 Å². The molecule has 1 atom stereocenters. The van der Waals surface area contributed by atoms with Crippen molar-refractivity contribution in [1.29, 1.82) is 0 Å². The van der Waals surface area contributed by atoms with E-state index in [0.717, 1.165) is 30.6 Å². The van der Waals surface area contributed by atoms with E-state index in [1.807, 2.05) is 6.07 Å². The van der Waals surface area contributed by atoms with Gasteiger partial charge in [0, 0.05) is 35.8 Å². The molecule has 0 spiro atoms. The number of rotatable bonds is 4. The SMILES string of the molecule is CCCCN1c2ccc([N+](=O)[O-])cc2C(C)(C)C1C. The molecule has 0 aromatic heterocycles. The molecule has 0 N–H and O–H groups in total. The van der Waals surface area contributed by atoms with Crippen LogP contribution in [-0.4, -0.2) is 17.5 Å². The van der Waals surface area contributed by atoms with Crippen LogP contribution in [0.3, 0.4) is 0 Å². The molecule has 0 saturated heterocycles. The van der Waals surface area contributed by atoms with Crippen LogP contribution in [0.25, 0.3) is 0 Å². The zero-order valence-electron chi connectivity index (χ0n) is 12.1. The fourth-order valence-corrected chi connectivity index (χ4v) is 2.87. The van der Waals surface area contributed by atoms with Gasteiger partial charge in [0.25, 0.3) is 5.69 Å². The second-order valence-electron chi connectivity index (χ2n) is 5.90. The minimum Gasteiger partial charge on any atom is -0.368 e. The number of fused-ring (bicyclic) bond motifs is 1. The average molecular weight is 262 g/mol. The van der Waals surface area contributed by atoms with Gasteiger partial charge in [-0.15, -0.1) is 0 Å². The van der Waals surface area contributed by atoms with Gasteiger partial charge in [-0.2, -0.15) is 0 Å². The predicted octanol–water partition coefficient (Wildman–Crippen LogP) is 3.88. The molecule has 4 nitrogen and oxygen atoms in total. The molecule has 0 amide bonds. The Kier molecular flexibility index (Phi) is 3.52. The molecule has 2 rings (SSSR count). The zero-order chi connectivity index (χ0) is 14.2. The molecule has 0 fully saturated rings. The van der Waals surface area contributed by atoms with E-state index in [9.17, 15) is 10.1 Å². The van der Waals surface area contributed by atoms with Crippen molar-refractivity contribution in [3.63, 3.8) is 0 Å². The van der Waals surface area contributed by atoms with Gasteiger partial charge < -0.3 is 4.90 Å². The van der Waals surface area contributed by atoms with Crippen LogP contribution in [0.4, 0.5) is 11.4 Å². The largest absolute Gasteiger partial charge is 0.368 e. The topological polar surface area (TPSA) is 46.4 Å². The van der Waals surface area contributed by atoms with Crippen molar-refractivity contribution >= 4 is 11.4 Å². The van der Waals surface area contributed by atoms with Crippen LogP contribution in [0.5, 0.6) is 0 Å². The summed E-state index contributed by atoms with van der Waals surface area (Å²) in [5, 5.41) is 10.9. The van der Waals surface area contributed by atoms with E-state index in [-0.39, 0.29) is 16.0 Å². The van der Waals surface area contributed by atoms with E-state index in [0.29, 0.717) is 6.04 Å². The number of hydrogen-bond donors (Lipinski definition) is 0. The summed E-state index contributed by atoms with van der Waals surface area (Å²) in [7, 11) is 0. The highest BCUT2D eigenvalue weighted by Crippen LogP contribution is 2.46. The number of unbranched alkanes of at least 4 members (excludes halogenated alkanes) is 1. The van der Waals surface area contributed by atoms with Crippen LogP contribution >= 0.6 is 0 Å². The summed E-state index contributed by atoms with van der Waals surface area (Å²) >= 11 is 0. The predicted molar refractivity (Wildman–Crippen MR) is 77.8 cm³/mol. The minimum absolute atomic E-state index is 0.0465. The standard InChI is InChI=1S/C15H22N2O2/c1-5-6-9-16-11(2)15(3,4)13-10-12(17(18)19)7-8-14(13)16/h7-8,10-11H,5-6,9H2,1-4H3. The van der Waals surface area contributed by atoms with Crippen LogP contribution in [-0.2, 0) is 5.41 Å². The van der Waals surface area contributed by atoms with Crippen LogP contribution in [0.15, 0.2) is 18.2 Å². The lowest BCUT2D eigenvalue weighted by atomic mass is 9.81. The Labute approximate surface area is 114 Å². The van der Waals surface area contributed by atoms with Crippen LogP contribution in [0, 0.1) is 10.1 Å². The minimum atomic E-state index is -0.310. The monoisotopic (exact) mass is 262 g/mol. The van der Waals surface area contributed by atoms with Crippen LogP contribution in [0.1, 0.15) is 46.1 Å². The van der Waals surface area contributed by atoms with Gasteiger partial charge in [0.2, 0.25) is 0 Å². The number of non-ortho nitro benzene ring substituents is 1. The van der Waals surface area contributed by atoms with Crippen molar-refractivity contribution in [3.05, 3.63) is 33.9 Å². The Bertz CT molecular complexity index is 497. The fraction of sp³-hybridized carbons (Fsp3) is 0.600. The first-order chi connectivity index (χ1) is 8.89. The summed E-state index contributed by atoms with van der Waals surface area (Å²) in [5.41, 5.74) is 2.41. The van der Waals surface area contributed by atoms with Gasteiger partial charge in [-0.1, -0.05) is 27.2 Å². The normalized spacial score (nSPS) is 20.4. The highest BCUT2D eigenvalue weighted by atomic mass is 16.6. The summed E-state index contributed by atoms with van der Waals surface area (Å²) in [5.74, 6) is 0. The Hall–Kier alpha value is -1.58. The van der Waals surface area contributed by atoms with E-state index < -0.39 is 0 Å². The molecule has 1 heterocycles. The van der Waals surface area contributed by atoms with Crippen molar-refractivity contribution in [1.82, 2.24) is 0 Å². The zero-order valence-corrected chi connectivity index (χ0v) is 12.1. The molecular formula is C15H22N2O2. The molecule has 19 heavy (non-hydrogen) atoms. The molecule has 1 aromatic carbocycles. The molecule has 0 saturated carbocycles. The third-order valence-electron chi connectivity index (χ3n) is 4.46. The molecule has 1 aliphatic rings. The van der Waals surface area contributed by atoms with Crippen molar-refractivity contribution < 1.29 is 4.92 Å². The maximum absolute atomic E-state index is 10.9. The molecule has 4 heteroatoms. The summed E-state index contributed by atoms with van der Waals surface area (Å²) in [6, 6.07) is 5.65. The highest BCUT2D eigenvalue weighted by Gasteiger charge is 2.42. The van der Waals surface area contributed by atoms with Gasteiger partial charge in [0.1, 0.15) is 0 Å². The summed E-state index contributed by atoms with van der Waals surface area (Å²) < 4.78 is 0. The van der Waals surface area contributed by atoms with Gasteiger partial charge >= 0.3 is 0 Å². The molecule has 0 radical (unpaired) electrons. The molecule has 0 bridgehead atoms. The second kappa shape index (κ2) is 4.83. The van der Waals surface area contributed by atoms with E-state index in [2.05, 4.69) is 32.6 Å². The number of nitro groups is 1. The third kappa shape index (κ3) is 2.20. The Balaban J connectivity index is 2.45. The number of nitrogens with zero attached hydrogens (tertiary/aromatic N) is 2. The molecule has 1 aromatic rings. The van der Waals surface area contributed by atoms with Crippen LogP contribution in [0.2, 0.25) is 0 Å². The molecular weight excluding hydrogens is 240 g/mol. The summed E-state index contributed by atoms with van der Waals surface area (Å²) in [6.07, 6.45) is 2.31. The van der Waals surface area contributed by atoms with Crippen molar-refractivity contribution in [2.75, 3.05) is 11.4 Å². The van der Waals surface area contributed by atoms with E-state index in [1.54, 1.807) is 12.1 Å². The molecule has 1 aliphatic heterocycles. The van der Waals surface area contributed by atoms with E-state index in [1.165, 1.54) is 0 Å². The second-order valence-corrected chi connectivity index (χ2v) is 5.90. The lowest BCUT2D eigenvalue weighted by Gasteiger charge is -2.31. The first-order valence-corrected chi connectivity index (χ1v) is 6.95. The summed E-state index contributed by atoms with van der Waals surface area (Å²) in [6.45, 7) is 9.76. The highest BCUT2D eigenvalue weighted by molar-refractivity contribution is 5.66. The first-order valence-electron chi connectivity index (χ1n) is 6.95. The quantitative estimate of drug-likeness (QED) is 0.611. The Morgan fingerprint density at radius 2 is 2.11 bits per heavy atom. The van der Waals surface area contributed by atoms with Gasteiger partial charge in [-0.3, -0.25) is 10.1 Å². The summed E-state index contributed by atoms with van der Waals surface area (Å²) in [4.78, 5) is 13.0. The van der Waals surface area contributed by atoms with Crippen molar-refractivity contribution in [3.8, 4) is 0 Å². The Morgan fingerprint density at radius 1 is 1.42 bits per heavy atom. The van der Waals surface area contributed by atoms with E-state index >= 15 is 0 Å². The molecule has 104 valence electrons. The first kappa shape index (κ1) is 13.8. The van der Waals surface area contributed by atoms with Crippen molar-refractivity contribution in [2.45, 2.75) is 52.0 Å². The Morgan fingerprint density at radius 3 is 2.68 bits per heavy atom. The van der Waals surface area contributed by atoms with E-state index in [4.69, 9.17) is 0 Å². The molecule has 1 unspecified atom stereocenters. The van der Waals surface area contributed by atoms with Crippen molar-refractivity contribution in [2.24, 2.45) is 0 Å². The smallest absolute Gasteiger partial charge is 0.269 e. The number of nitro benzene ring substituents is 1. The van der Waals surface area contributed by atoms with Crippen LogP contribution < -0.4 is 4.90 Å². The molecule has 0 aliphatic carbocycles. The average Bonchev–Trinajstić information content (AvgIpc) is 2.56. The van der Waals surface area contributed by atoms with Gasteiger partial charge in [-0.05, 0) is 25.0 Å². The number of hydrogen-bond acceptors (Lipinski definition) is 3. The lowest BCUT2D eigenvalue weighted by Crippen LogP contribution is -2.39. The number of anilines is 1. The van der Waals surface area contributed by atoms with Gasteiger partial charge in [0.05, 0.1) is 4.92 Å². The third-order valence-corrected chi connectivity index (χ3v) is 4.46. The fourth-order valence-electron chi connectivity index (χ4n) is 2.87. The van der Waals surface area contributed by atoms with Gasteiger partial charge in [-0.25, -0.2) is 0 Å². The maximum atomic E-state index is 10.9. The number of benzene rings is 1. The maximum Gasteiger partial charge on any atom is 0.269 e. The lowest BCUT2D eigenvalue weighted by molar-refractivity contribution is -0.384.